The van der Waals surface area contributed by atoms with Gasteiger partial charge < -0.3 is 20.3 Å². The summed E-state index contributed by atoms with van der Waals surface area (Å²) in [5.74, 6) is 0.840. The lowest BCUT2D eigenvalue weighted by Gasteiger charge is -2.26. The van der Waals surface area contributed by atoms with Crippen molar-refractivity contribution in [3.05, 3.63) is 35.4 Å². The molecule has 0 aliphatic carbocycles. The van der Waals surface area contributed by atoms with Gasteiger partial charge in [0.2, 0.25) is 0 Å². The number of rotatable bonds is 10. The van der Waals surface area contributed by atoms with Gasteiger partial charge in [0.25, 0.3) is 0 Å². The van der Waals surface area contributed by atoms with Gasteiger partial charge in [-0.1, -0.05) is 30.7 Å². The smallest absolute Gasteiger partial charge is 0.191 e. The molecule has 0 spiro atoms. The summed E-state index contributed by atoms with van der Waals surface area (Å²) in [4.78, 5) is 9.10. The molecule has 0 saturated carbocycles. The summed E-state index contributed by atoms with van der Waals surface area (Å²) in [6.45, 7) is 7.85. The van der Waals surface area contributed by atoms with Gasteiger partial charge in [-0.25, -0.2) is 0 Å². The zero-order valence-electron chi connectivity index (χ0n) is 17.3. The third-order valence-electron chi connectivity index (χ3n) is 5.02. The lowest BCUT2D eigenvalue weighted by molar-refractivity contribution is 0.162. The van der Waals surface area contributed by atoms with Gasteiger partial charge in [0.1, 0.15) is 0 Å². The van der Waals surface area contributed by atoms with Gasteiger partial charge in [-0.05, 0) is 44.1 Å². The number of methoxy groups -OCH3 is 1. The average Bonchev–Trinajstić information content (AvgIpc) is 2.71. The third-order valence-corrected chi connectivity index (χ3v) is 5.02. The standard InChI is InChI=1S/C21H37N5O/c1-22-21(23-11-14-25(2)15-16-27-3)24-17-19-7-9-20(10-8-19)18-26-12-5-4-6-13-26/h7-10H,4-6,11-18H2,1-3H3,(H2,22,23,24). The SMILES string of the molecule is CN=C(NCCN(C)CCOC)NCc1ccc(CN2CCCCC2)cc1. The molecule has 27 heavy (non-hydrogen) atoms. The molecule has 0 aromatic heterocycles. The Labute approximate surface area is 165 Å². The summed E-state index contributed by atoms with van der Waals surface area (Å²) in [5.41, 5.74) is 2.68. The van der Waals surface area contributed by atoms with Crippen LogP contribution in [0.1, 0.15) is 30.4 Å². The highest BCUT2D eigenvalue weighted by molar-refractivity contribution is 5.79. The fraction of sp³-hybridized carbons (Fsp3) is 0.667. The molecule has 1 fully saturated rings. The predicted octanol–water partition coefficient (Wildman–Crippen LogP) is 1.92. The molecular weight excluding hydrogens is 338 g/mol. The van der Waals surface area contributed by atoms with E-state index in [9.17, 15) is 0 Å². The van der Waals surface area contributed by atoms with Crippen LogP contribution in [-0.4, -0.2) is 76.3 Å². The summed E-state index contributed by atoms with van der Waals surface area (Å²) in [7, 11) is 5.64. The molecule has 6 nitrogen and oxygen atoms in total. The molecule has 1 aromatic carbocycles. The van der Waals surface area contributed by atoms with Crippen LogP contribution in [0.5, 0.6) is 0 Å². The van der Waals surface area contributed by atoms with E-state index in [1.165, 1.54) is 43.5 Å². The fourth-order valence-corrected chi connectivity index (χ4v) is 3.27. The molecule has 1 aromatic rings. The first-order valence-corrected chi connectivity index (χ1v) is 10.1. The first-order valence-electron chi connectivity index (χ1n) is 10.1. The summed E-state index contributed by atoms with van der Waals surface area (Å²) in [6.07, 6.45) is 4.08. The molecule has 2 rings (SSSR count). The maximum Gasteiger partial charge on any atom is 0.191 e. The minimum absolute atomic E-state index is 0.761. The van der Waals surface area contributed by atoms with E-state index in [0.29, 0.717) is 0 Å². The van der Waals surface area contributed by atoms with Crippen molar-refractivity contribution in [2.75, 3.05) is 60.5 Å². The maximum atomic E-state index is 5.10. The number of guanidine groups is 1. The second-order valence-corrected chi connectivity index (χ2v) is 7.30. The first kappa shape index (κ1) is 21.7. The van der Waals surface area contributed by atoms with Crippen molar-refractivity contribution >= 4 is 5.96 Å². The lowest BCUT2D eigenvalue weighted by Crippen LogP contribution is -2.41. The van der Waals surface area contributed by atoms with Crippen molar-refractivity contribution in [1.82, 2.24) is 20.4 Å². The number of aliphatic imine (C=N–C) groups is 1. The minimum atomic E-state index is 0.761. The summed E-state index contributed by atoms with van der Waals surface area (Å²) in [6, 6.07) is 8.95. The number of hydrogen-bond acceptors (Lipinski definition) is 4. The Kier molecular flexibility index (Phi) is 10.2. The van der Waals surface area contributed by atoms with Gasteiger partial charge in [0, 0.05) is 46.9 Å². The molecular formula is C21H37N5O. The Morgan fingerprint density at radius 1 is 1.07 bits per heavy atom. The zero-order valence-corrected chi connectivity index (χ0v) is 17.3. The fourth-order valence-electron chi connectivity index (χ4n) is 3.27. The minimum Gasteiger partial charge on any atom is -0.383 e. The Morgan fingerprint density at radius 2 is 1.78 bits per heavy atom. The highest BCUT2D eigenvalue weighted by Crippen LogP contribution is 2.13. The molecule has 0 atom stereocenters. The van der Waals surface area contributed by atoms with E-state index in [1.54, 1.807) is 7.11 Å². The quantitative estimate of drug-likeness (QED) is 0.483. The number of benzene rings is 1. The third kappa shape index (κ3) is 8.73. The van der Waals surface area contributed by atoms with E-state index in [2.05, 4.69) is 56.7 Å². The Balaban J connectivity index is 1.67. The largest absolute Gasteiger partial charge is 0.383 e. The van der Waals surface area contributed by atoms with Crippen molar-refractivity contribution in [3.8, 4) is 0 Å². The van der Waals surface area contributed by atoms with E-state index in [1.807, 2.05) is 7.05 Å². The number of nitrogens with one attached hydrogen (secondary N) is 2. The molecule has 2 N–H and O–H groups in total. The molecule has 0 unspecified atom stereocenters. The molecule has 1 heterocycles. The molecule has 1 aliphatic rings. The molecule has 0 bridgehead atoms. The Morgan fingerprint density at radius 3 is 2.44 bits per heavy atom. The molecule has 1 saturated heterocycles. The Bertz CT molecular complexity index is 540. The molecule has 6 heteroatoms. The highest BCUT2D eigenvalue weighted by Gasteiger charge is 2.10. The van der Waals surface area contributed by atoms with Crippen LogP contribution < -0.4 is 10.6 Å². The van der Waals surface area contributed by atoms with Crippen LogP contribution in [0.15, 0.2) is 29.3 Å². The van der Waals surface area contributed by atoms with Crippen LogP contribution in [0.4, 0.5) is 0 Å². The van der Waals surface area contributed by atoms with E-state index < -0.39 is 0 Å². The molecule has 152 valence electrons. The van der Waals surface area contributed by atoms with Crippen LogP contribution >= 0.6 is 0 Å². The van der Waals surface area contributed by atoms with Crippen molar-refractivity contribution in [2.24, 2.45) is 4.99 Å². The van der Waals surface area contributed by atoms with Gasteiger partial charge in [-0.15, -0.1) is 0 Å². The molecule has 0 amide bonds. The normalized spacial score (nSPS) is 15.9. The molecule has 1 aliphatic heterocycles. The van der Waals surface area contributed by atoms with Crippen LogP contribution in [0, 0.1) is 0 Å². The number of ether oxygens (including phenoxy) is 1. The van der Waals surface area contributed by atoms with Gasteiger partial charge >= 0.3 is 0 Å². The summed E-state index contributed by atoms with van der Waals surface area (Å²) < 4.78 is 5.10. The Hall–Kier alpha value is -1.63. The van der Waals surface area contributed by atoms with Gasteiger partial charge in [0.15, 0.2) is 5.96 Å². The number of likely N-dealkylation sites (tertiary alicyclic amines) is 1. The van der Waals surface area contributed by atoms with Gasteiger partial charge in [-0.3, -0.25) is 9.89 Å². The van der Waals surface area contributed by atoms with Crippen molar-refractivity contribution in [3.63, 3.8) is 0 Å². The van der Waals surface area contributed by atoms with Crippen LogP contribution in [0.2, 0.25) is 0 Å². The van der Waals surface area contributed by atoms with Crippen LogP contribution in [-0.2, 0) is 17.8 Å². The summed E-state index contributed by atoms with van der Waals surface area (Å²) in [5, 5.41) is 6.75. The predicted molar refractivity (Wildman–Crippen MR) is 113 cm³/mol. The number of nitrogens with zero attached hydrogens (tertiary/aromatic N) is 3. The van der Waals surface area contributed by atoms with E-state index in [0.717, 1.165) is 45.3 Å². The van der Waals surface area contributed by atoms with Gasteiger partial charge in [0.05, 0.1) is 6.61 Å². The molecule has 0 radical (unpaired) electrons. The van der Waals surface area contributed by atoms with Crippen molar-refractivity contribution in [2.45, 2.75) is 32.4 Å². The number of piperidine rings is 1. The van der Waals surface area contributed by atoms with Crippen LogP contribution in [0.3, 0.4) is 0 Å². The van der Waals surface area contributed by atoms with Crippen molar-refractivity contribution in [1.29, 1.82) is 0 Å². The summed E-state index contributed by atoms with van der Waals surface area (Å²) >= 11 is 0. The number of likely N-dealkylation sites (N-methyl/N-ethyl adjacent to an activating group) is 1. The zero-order chi connectivity index (χ0) is 19.3. The average molecular weight is 376 g/mol. The topological polar surface area (TPSA) is 52.1 Å². The lowest BCUT2D eigenvalue weighted by atomic mass is 10.1. The van der Waals surface area contributed by atoms with E-state index >= 15 is 0 Å². The van der Waals surface area contributed by atoms with Crippen molar-refractivity contribution < 1.29 is 4.74 Å². The maximum absolute atomic E-state index is 5.10. The van der Waals surface area contributed by atoms with E-state index in [4.69, 9.17) is 4.74 Å². The second-order valence-electron chi connectivity index (χ2n) is 7.30. The van der Waals surface area contributed by atoms with Crippen LogP contribution in [0.25, 0.3) is 0 Å². The second kappa shape index (κ2) is 12.7. The highest BCUT2D eigenvalue weighted by atomic mass is 16.5. The van der Waals surface area contributed by atoms with Gasteiger partial charge in [-0.2, -0.15) is 0 Å². The number of hydrogen-bond donors (Lipinski definition) is 2. The van der Waals surface area contributed by atoms with E-state index in [-0.39, 0.29) is 0 Å². The monoisotopic (exact) mass is 375 g/mol. The first-order chi connectivity index (χ1) is 13.2.